The summed E-state index contributed by atoms with van der Waals surface area (Å²) in [6.45, 7) is 2.77. The van der Waals surface area contributed by atoms with Gasteiger partial charge in [0.2, 0.25) is 0 Å². The predicted octanol–water partition coefficient (Wildman–Crippen LogP) is 2.81. The third-order valence-electron chi connectivity index (χ3n) is 3.52. The molecule has 4 aromatic rings. The monoisotopic (exact) mass is 312 g/mol. The van der Waals surface area contributed by atoms with Crippen LogP contribution in [0.3, 0.4) is 0 Å². The van der Waals surface area contributed by atoms with Crippen molar-refractivity contribution in [3.05, 3.63) is 29.2 Å². The van der Waals surface area contributed by atoms with Crippen molar-refractivity contribution in [1.82, 2.24) is 24.8 Å². The lowest BCUT2D eigenvalue weighted by molar-refractivity contribution is 0.310. The highest BCUT2D eigenvalue weighted by Gasteiger charge is 2.20. The van der Waals surface area contributed by atoms with Gasteiger partial charge in [0, 0.05) is 18.3 Å². The highest BCUT2D eigenvalue weighted by atomic mass is 32.1. The van der Waals surface area contributed by atoms with Gasteiger partial charge in [-0.05, 0) is 39.6 Å². The van der Waals surface area contributed by atoms with Gasteiger partial charge < -0.3 is 10.3 Å². The van der Waals surface area contributed by atoms with E-state index >= 15 is 0 Å². The first-order valence-corrected chi connectivity index (χ1v) is 7.69. The van der Waals surface area contributed by atoms with E-state index in [1.165, 1.54) is 0 Å². The van der Waals surface area contributed by atoms with E-state index in [-0.39, 0.29) is 5.82 Å². The lowest BCUT2D eigenvalue weighted by atomic mass is 10.1. The zero-order chi connectivity index (χ0) is 15.1. The van der Waals surface area contributed by atoms with E-state index in [9.17, 15) is 0 Å². The third kappa shape index (κ3) is 1.81. The average molecular weight is 312 g/mol. The summed E-state index contributed by atoms with van der Waals surface area (Å²) in [5.74, 6) is 0.871. The number of aryl methyl sites for hydroxylation is 1. The Balaban J connectivity index is 2.06. The van der Waals surface area contributed by atoms with Crippen LogP contribution in [-0.4, -0.2) is 24.8 Å². The molecule has 0 amide bonds. The fraction of sp³-hybridized carbons (Fsp3) is 0.143. The molecule has 0 saturated carbocycles. The normalized spacial score (nSPS) is 11.3. The van der Waals surface area contributed by atoms with Gasteiger partial charge >= 0.3 is 0 Å². The number of nitrogen functional groups attached to an aromatic ring is 1. The van der Waals surface area contributed by atoms with Crippen LogP contribution in [0.5, 0.6) is 0 Å². The Morgan fingerprint density at radius 3 is 2.91 bits per heavy atom. The van der Waals surface area contributed by atoms with Gasteiger partial charge in [-0.25, -0.2) is 9.61 Å². The van der Waals surface area contributed by atoms with Crippen LogP contribution in [0.1, 0.15) is 6.92 Å². The summed E-state index contributed by atoms with van der Waals surface area (Å²) in [7, 11) is 0. The molecule has 0 aliphatic carbocycles. The lowest BCUT2D eigenvalue weighted by Gasteiger charge is -2.07. The van der Waals surface area contributed by atoms with Gasteiger partial charge in [-0.1, -0.05) is 0 Å². The Bertz CT molecular complexity index is 940. The van der Waals surface area contributed by atoms with Crippen molar-refractivity contribution in [3.63, 3.8) is 0 Å². The number of hydrogen-bond acceptors (Lipinski definition) is 7. The smallest absolute Gasteiger partial charge is 0.199 e. The van der Waals surface area contributed by atoms with Crippen molar-refractivity contribution < 1.29 is 4.63 Å². The first-order chi connectivity index (χ1) is 10.8. The van der Waals surface area contributed by atoms with Crippen molar-refractivity contribution >= 4 is 28.2 Å². The summed E-state index contributed by atoms with van der Waals surface area (Å²) < 4.78 is 6.76. The Morgan fingerprint density at radius 2 is 2.23 bits per heavy atom. The summed E-state index contributed by atoms with van der Waals surface area (Å²) in [6, 6.07) is 2.07. The standard InChI is InChI=1S/C14H12N6OS/c1-2-20-12-9(8-3-4-22-7-8)5-16-6-10(12)17-14(20)11-13(15)19-21-18-11/h3-7H,2H2,1H3,(H2,15,19). The SMILES string of the molecule is CCn1c(-c2nonc2N)nc2cncc(-c3ccsc3)c21. The molecule has 0 bridgehead atoms. The molecule has 0 aliphatic heterocycles. The maximum Gasteiger partial charge on any atom is 0.199 e. The van der Waals surface area contributed by atoms with Crippen LogP contribution in [-0.2, 0) is 6.54 Å². The summed E-state index contributed by atoms with van der Waals surface area (Å²) >= 11 is 1.65. The maximum absolute atomic E-state index is 5.82. The predicted molar refractivity (Wildman–Crippen MR) is 84.2 cm³/mol. The zero-order valence-electron chi connectivity index (χ0n) is 11.7. The molecule has 0 fully saturated rings. The largest absolute Gasteiger partial charge is 0.379 e. The van der Waals surface area contributed by atoms with Crippen LogP contribution in [0, 0.1) is 0 Å². The van der Waals surface area contributed by atoms with Crippen LogP contribution in [0.4, 0.5) is 5.82 Å². The van der Waals surface area contributed by atoms with E-state index in [1.807, 2.05) is 18.5 Å². The number of nitrogens with zero attached hydrogens (tertiary/aromatic N) is 5. The van der Waals surface area contributed by atoms with Gasteiger partial charge in [-0.2, -0.15) is 11.3 Å². The summed E-state index contributed by atoms with van der Waals surface area (Å²) in [5, 5.41) is 11.6. The third-order valence-corrected chi connectivity index (χ3v) is 4.21. The minimum Gasteiger partial charge on any atom is -0.379 e. The van der Waals surface area contributed by atoms with E-state index in [2.05, 4.69) is 36.3 Å². The molecule has 0 radical (unpaired) electrons. The van der Waals surface area contributed by atoms with Crippen LogP contribution < -0.4 is 5.73 Å². The first kappa shape index (κ1) is 13.0. The number of fused-ring (bicyclic) bond motifs is 1. The molecular formula is C14H12N6OS. The topological polar surface area (TPSA) is 95.7 Å². The van der Waals surface area contributed by atoms with Gasteiger partial charge in [0.1, 0.15) is 5.52 Å². The van der Waals surface area contributed by atoms with Crippen LogP contribution in [0.25, 0.3) is 33.7 Å². The highest BCUT2D eigenvalue weighted by Crippen LogP contribution is 2.33. The molecule has 0 aliphatic rings. The fourth-order valence-electron chi connectivity index (χ4n) is 2.56. The molecule has 0 aromatic carbocycles. The highest BCUT2D eigenvalue weighted by molar-refractivity contribution is 7.08. The van der Waals surface area contributed by atoms with Crippen LogP contribution in [0.2, 0.25) is 0 Å². The van der Waals surface area contributed by atoms with Crippen molar-refractivity contribution in [2.75, 3.05) is 5.73 Å². The van der Waals surface area contributed by atoms with Crippen molar-refractivity contribution in [2.45, 2.75) is 13.5 Å². The quantitative estimate of drug-likeness (QED) is 0.625. The number of pyridine rings is 1. The van der Waals surface area contributed by atoms with Crippen LogP contribution in [0.15, 0.2) is 33.8 Å². The second kappa shape index (κ2) is 4.92. The second-order valence-corrected chi connectivity index (χ2v) is 5.52. The van der Waals surface area contributed by atoms with E-state index in [0.29, 0.717) is 11.5 Å². The Morgan fingerprint density at radius 1 is 1.32 bits per heavy atom. The van der Waals surface area contributed by atoms with Gasteiger partial charge in [-0.3, -0.25) is 4.98 Å². The number of aromatic nitrogens is 5. The van der Waals surface area contributed by atoms with Gasteiger partial charge in [-0.15, -0.1) is 0 Å². The van der Waals surface area contributed by atoms with E-state index in [4.69, 9.17) is 10.4 Å². The molecule has 110 valence electrons. The Kier molecular flexibility index (Phi) is 2.90. The Labute approximate surface area is 129 Å². The van der Waals surface area contributed by atoms with Crippen molar-refractivity contribution in [1.29, 1.82) is 0 Å². The number of imidazole rings is 1. The number of hydrogen-bond donors (Lipinski definition) is 1. The maximum atomic E-state index is 5.82. The van der Waals surface area contributed by atoms with Gasteiger partial charge in [0.05, 0.1) is 11.7 Å². The second-order valence-electron chi connectivity index (χ2n) is 4.74. The molecular weight excluding hydrogens is 300 g/mol. The molecule has 0 unspecified atom stereocenters. The number of anilines is 1. The minimum atomic E-state index is 0.232. The molecule has 4 rings (SSSR count). The molecule has 7 nitrogen and oxygen atoms in total. The number of nitrogens with two attached hydrogens (primary N) is 1. The molecule has 4 aromatic heterocycles. The van der Waals surface area contributed by atoms with Gasteiger partial charge in [0.15, 0.2) is 17.3 Å². The Hall–Kier alpha value is -2.74. The number of rotatable bonds is 3. The van der Waals surface area contributed by atoms with E-state index in [0.717, 1.165) is 28.7 Å². The summed E-state index contributed by atoms with van der Waals surface area (Å²) in [6.07, 6.45) is 3.59. The van der Waals surface area contributed by atoms with E-state index in [1.54, 1.807) is 17.5 Å². The average Bonchev–Trinajstić information content (AvgIpc) is 3.25. The molecule has 0 atom stereocenters. The number of thiophene rings is 1. The molecule has 0 spiro atoms. The molecule has 2 N–H and O–H groups in total. The van der Waals surface area contributed by atoms with Crippen molar-refractivity contribution in [3.8, 4) is 22.6 Å². The summed E-state index contributed by atoms with van der Waals surface area (Å²) in [5.41, 5.74) is 10.2. The molecule has 0 saturated heterocycles. The fourth-order valence-corrected chi connectivity index (χ4v) is 3.21. The van der Waals surface area contributed by atoms with Crippen LogP contribution >= 0.6 is 11.3 Å². The first-order valence-electron chi connectivity index (χ1n) is 6.74. The molecule has 4 heterocycles. The lowest BCUT2D eigenvalue weighted by Crippen LogP contribution is -2.00. The van der Waals surface area contributed by atoms with Gasteiger partial charge in [0.25, 0.3) is 0 Å². The van der Waals surface area contributed by atoms with E-state index < -0.39 is 0 Å². The molecule has 8 heteroatoms. The minimum absolute atomic E-state index is 0.232. The van der Waals surface area contributed by atoms with Crippen molar-refractivity contribution in [2.24, 2.45) is 0 Å². The zero-order valence-corrected chi connectivity index (χ0v) is 12.5. The summed E-state index contributed by atoms with van der Waals surface area (Å²) in [4.78, 5) is 8.92. The molecule has 22 heavy (non-hydrogen) atoms.